The van der Waals surface area contributed by atoms with E-state index in [1.807, 2.05) is 32.0 Å². The average molecular weight is 364 g/mol. The summed E-state index contributed by atoms with van der Waals surface area (Å²) in [5, 5.41) is 0.907. The number of carbonyl (C=O) groups excluding carboxylic acids is 1. The topological polar surface area (TPSA) is 41.9 Å². The molecule has 0 unspecified atom stereocenters. The number of hydrogen-bond donors (Lipinski definition) is 0. The van der Waals surface area contributed by atoms with Crippen LogP contribution in [0.1, 0.15) is 31.0 Å². The Labute approximate surface area is 157 Å². The van der Waals surface area contributed by atoms with Crippen LogP contribution in [-0.4, -0.2) is 17.7 Å². The molecule has 1 atom stereocenters. The highest BCUT2D eigenvalue weighted by atomic mass is 32.2. The summed E-state index contributed by atoms with van der Waals surface area (Å²) in [7, 11) is 0. The first-order valence-electron chi connectivity index (χ1n) is 8.69. The van der Waals surface area contributed by atoms with Crippen LogP contribution in [0.5, 0.6) is 0 Å². The van der Waals surface area contributed by atoms with Crippen molar-refractivity contribution in [2.75, 3.05) is 11.5 Å². The standard InChI is InChI=1S/C21H20N2O2S/c1-4-25-20(24)18-14(3)22-21-23(19(18)15-8-6-5-7-9-15)16-11-10-13(2)12-17(16)26-21/h5-12,19H,4H2,1-3H3/t19-/m1/s1. The average Bonchev–Trinajstić information content (AvgIpc) is 2.98. The normalized spacial score (nSPS) is 18.3. The van der Waals surface area contributed by atoms with E-state index in [4.69, 9.17) is 9.73 Å². The molecule has 0 bridgehead atoms. The lowest BCUT2D eigenvalue weighted by Gasteiger charge is -2.34. The molecule has 0 fully saturated rings. The number of amidine groups is 1. The first-order chi connectivity index (χ1) is 12.6. The maximum atomic E-state index is 12.8. The molecule has 2 heterocycles. The van der Waals surface area contributed by atoms with Gasteiger partial charge < -0.3 is 9.64 Å². The van der Waals surface area contributed by atoms with Crippen LogP contribution >= 0.6 is 11.8 Å². The maximum absolute atomic E-state index is 12.8. The molecule has 2 aliphatic rings. The van der Waals surface area contributed by atoms with Gasteiger partial charge in [0.1, 0.15) is 0 Å². The quantitative estimate of drug-likeness (QED) is 0.730. The number of aryl methyl sites for hydroxylation is 1. The van der Waals surface area contributed by atoms with Crippen molar-refractivity contribution in [3.8, 4) is 0 Å². The second kappa shape index (κ2) is 6.65. The van der Waals surface area contributed by atoms with E-state index in [0.29, 0.717) is 12.2 Å². The molecule has 0 aliphatic carbocycles. The molecular formula is C21H20N2O2S. The van der Waals surface area contributed by atoms with E-state index in [1.165, 1.54) is 10.5 Å². The Morgan fingerprint density at radius 2 is 1.96 bits per heavy atom. The molecule has 0 saturated carbocycles. The zero-order valence-electron chi connectivity index (χ0n) is 15.0. The molecule has 5 heteroatoms. The fraction of sp³-hybridized carbons (Fsp3) is 0.238. The van der Waals surface area contributed by atoms with Gasteiger partial charge in [-0.1, -0.05) is 36.4 Å². The SMILES string of the molecule is CCOC(=O)C1=C(C)N=C2Sc3cc(C)ccc3N2[C@@H]1c1ccccc1. The van der Waals surface area contributed by atoms with E-state index >= 15 is 0 Å². The summed E-state index contributed by atoms with van der Waals surface area (Å²) in [6.45, 7) is 6.15. The van der Waals surface area contributed by atoms with Crippen molar-refractivity contribution >= 4 is 28.6 Å². The molecule has 0 N–H and O–H groups in total. The molecule has 0 saturated heterocycles. The van der Waals surface area contributed by atoms with Crippen LogP contribution in [0, 0.1) is 6.92 Å². The smallest absolute Gasteiger partial charge is 0.338 e. The Balaban J connectivity index is 1.90. The van der Waals surface area contributed by atoms with E-state index < -0.39 is 0 Å². The highest BCUT2D eigenvalue weighted by Crippen LogP contribution is 2.50. The summed E-state index contributed by atoms with van der Waals surface area (Å²) in [5.74, 6) is -0.299. The lowest BCUT2D eigenvalue weighted by atomic mass is 9.94. The fourth-order valence-electron chi connectivity index (χ4n) is 3.43. The van der Waals surface area contributed by atoms with Gasteiger partial charge in [0.05, 0.1) is 29.6 Å². The summed E-state index contributed by atoms with van der Waals surface area (Å²) in [4.78, 5) is 20.8. The van der Waals surface area contributed by atoms with Crippen LogP contribution in [0.4, 0.5) is 5.69 Å². The van der Waals surface area contributed by atoms with E-state index in [0.717, 1.165) is 22.1 Å². The number of carbonyl (C=O) groups is 1. The zero-order valence-corrected chi connectivity index (χ0v) is 15.8. The number of hydrogen-bond acceptors (Lipinski definition) is 5. The van der Waals surface area contributed by atoms with Crippen LogP contribution < -0.4 is 4.90 Å². The summed E-state index contributed by atoms with van der Waals surface area (Å²) < 4.78 is 5.36. The minimum atomic E-state index is -0.299. The van der Waals surface area contributed by atoms with Crippen LogP contribution in [-0.2, 0) is 9.53 Å². The molecule has 26 heavy (non-hydrogen) atoms. The van der Waals surface area contributed by atoms with Gasteiger partial charge in [-0.3, -0.25) is 0 Å². The van der Waals surface area contributed by atoms with Crippen molar-refractivity contribution < 1.29 is 9.53 Å². The monoisotopic (exact) mass is 364 g/mol. The second-order valence-electron chi connectivity index (χ2n) is 6.37. The molecule has 4 nitrogen and oxygen atoms in total. The van der Waals surface area contributed by atoms with Gasteiger partial charge in [0.15, 0.2) is 5.17 Å². The predicted molar refractivity (Wildman–Crippen MR) is 105 cm³/mol. The number of allylic oxidation sites excluding steroid dienone is 1. The zero-order chi connectivity index (χ0) is 18.3. The van der Waals surface area contributed by atoms with Gasteiger partial charge in [-0.25, -0.2) is 9.79 Å². The first-order valence-corrected chi connectivity index (χ1v) is 9.51. The molecule has 0 aromatic heterocycles. The largest absolute Gasteiger partial charge is 0.463 e. The second-order valence-corrected chi connectivity index (χ2v) is 7.38. The van der Waals surface area contributed by atoms with Gasteiger partial charge in [0.25, 0.3) is 0 Å². The third-order valence-electron chi connectivity index (χ3n) is 4.58. The summed E-state index contributed by atoms with van der Waals surface area (Å²) >= 11 is 1.65. The highest BCUT2D eigenvalue weighted by molar-refractivity contribution is 8.14. The molecule has 2 aromatic rings. The molecule has 132 valence electrons. The van der Waals surface area contributed by atoms with Gasteiger partial charge in [-0.15, -0.1) is 0 Å². The van der Waals surface area contributed by atoms with Crippen molar-refractivity contribution in [3.05, 3.63) is 70.9 Å². The minimum absolute atomic E-state index is 0.237. The van der Waals surface area contributed by atoms with E-state index in [1.54, 1.807) is 11.8 Å². The van der Waals surface area contributed by atoms with Crippen molar-refractivity contribution in [2.24, 2.45) is 4.99 Å². The van der Waals surface area contributed by atoms with Crippen LogP contribution in [0.2, 0.25) is 0 Å². The highest BCUT2D eigenvalue weighted by Gasteiger charge is 2.41. The number of esters is 1. The third-order valence-corrected chi connectivity index (χ3v) is 5.60. The van der Waals surface area contributed by atoms with Crippen LogP contribution in [0.15, 0.2) is 69.7 Å². The van der Waals surface area contributed by atoms with E-state index in [2.05, 4.69) is 42.2 Å². The Hall–Kier alpha value is -2.53. The van der Waals surface area contributed by atoms with Crippen molar-refractivity contribution in [3.63, 3.8) is 0 Å². The number of ether oxygens (including phenoxy) is 1. The lowest BCUT2D eigenvalue weighted by molar-refractivity contribution is -0.138. The van der Waals surface area contributed by atoms with Crippen molar-refractivity contribution in [2.45, 2.75) is 31.7 Å². The van der Waals surface area contributed by atoms with Crippen molar-refractivity contribution in [1.82, 2.24) is 0 Å². The molecule has 2 aromatic carbocycles. The molecule has 0 radical (unpaired) electrons. The van der Waals surface area contributed by atoms with Gasteiger partial charge in [0.2, 0.25) is 0 Å². The Bertz CT molecular complexity index is 934. The number of nitrogens with zero attached hydrogens (tertiary/aromatic N) is 2. The fourth-order valence-corrected chi connectivity index (χ4v) is 4.63. The van der Waals surface area contributed by atoms with Crippen LogP contribution in [0.25, 0.3) is 0 Å². The third kappa shape index (κ3) is 2.72. The molecule has 4 rings (SSSR count). The molecular weight excluding hydrogens is 344 g/mol. The number of anilines is 1. The summed E-state index contributed by atoms with van der Waals surface area (Å²) in [5.41, 5.74) is 4.68. The predicted octanol–water partition coefficient (Wildman–Crippen LogP) is 4.86. The van der Waals surface area contributed by atoms with Gasteiger partial charge >= 0.3 is 5.97 Å². The van der Waals surface area contributed by atoms with Crippen LogP contribution in [0.3, 0.4) is 0 Å². The Morgan fingerprint density at radius 1 is 1.19 bits per heavy atom. The minimum Gasteiger partial charge on any atom is -0.463 e. The summed E-state index contributed by atoms with van der Waals surface area (Å²) in [6, 6.07) is 16.2. The Morgan fingerprint density at radius 3 is 2.69 bits per heavy atom. The van der Waals surface area contributed by atoms with E-state index in [9.17, 15) is 4.79 Å². The van der Waals surface area contributed by atoms with Crippen molar-refractivity contribution in [1.29, 1.82) is 0 Å². The first kappa shape index (κ1) is 16.9. The van der Waals surface area contributed by atoms with Gasteiger partial charge in [0, 0.05) is 4.90 Å². The molecule has 2 aliphatic heterocycles. The lowest BCUT2D eigenvalue weighted by Crippen LogP contribution is -2.37. The number of thioether (sulfide) groups is 1. The summed E-state index contributed by atoms with van der Waals surface area (Å²) in [6.07, 6.45) is 0. The number of benzene rings is 2. The number of aliphatic imine (C=N–C) groups is 1. The maximum Gasteiger partial charge on any atom is 0.338 e. The molecule has 0 amide bonds. The van der Waals surface area contributed by atoms with E-state index in [-0.39, 0.29) is 12.0 Å². The number of rotatable bonds is 3. The number of fused-ring (bicyclic) bond motifs is 3. The Kier molecular flexibility index (Phi) is 4.32. The molecule has 0 spiro atoms. The van der Waals surface area contributed by atoms with Gasteiger partial charge in [-0.05, 0) is 55.8 Å². The van der Waals surface area contributed by atoms with Gasteiger partial charge in [-0.2, -0.15) is 0 Å².